The summed E-state index contributed by atoms with van der Waals surface area (Å²) in [5.74, 6) is 0.838. The van der Waals surface area contributed by atoms with Crippen molar-refractivity contribution in [3.63, 3.8) is 0 Å². The van der Waals surface area contributed by atoms with Crippen LogP contribution < -0.4 is 4.74 Å². The van der Waals surface area contributed by atoms with Crippen LogP contribution in [-0.4, -0.2) is 21.3 Å². The zero-order chi connectivity index (χ0) is 12.8. The molecule has 0 aliphatic heterocycles. The molecule has 0 aliphatic rings. The Hall–Kier alpha value is -1.81. The summed E-state index contributed by atoms with van der Waals surface area (Å²) in [6.45, 7) is 3.33. The van der Waals surface area contributed by atoms with Crippen LogP contribution in [0.3, 0.4) is 0 Å². The van der Waals surface area contributed by atoms with Gasteiger partial charge < -0.3 is 14.4 Å². The fraction of sp³-hybridized carbons (Fsp3) is 0.357. The number of aliphatic hydroxyl groups is 1. The van der Waals surface area contributed by atoms with E-state index in [2.05, 4.69) is 4.98 Å². The second kappa shape index (κ2) is 6.21. The average Bonchev–Trinajstić information content (AvgIpc) is 2.88. The molecule has 18 heavy (non-hydrogen) atoms. The van der Waals surface area contributed by atoms with Crippen molar-refractivity contribution in [3.8, 4) is 5.75 Å². The summed E-state index contributed by atoms with van der Waals surface area (Å²) in [4.78, 5) is 3.98. The minimum absolute atomic E-state index is 0.430. The summed E-state index contributed by atoms with van der Waals surface area (Å²) in [6, 6.07) is 7.55. The van der Waals surface area contributed by atoms with Crippen LogP contribution in [-0.2, 0) is 6.54 Å². The van der Waals surface area contributed by atoms with Gasteiger partial charge in [-0.3, -0.25) is 0 Å². The largest absolute Gasteiger partial charge is 0.494 e. The van der Waals surface area contributed by atoms with Crippen molar-refractivity contribution < 1.29 is 9.84 Å². The maximum Gasteiger partial charge on any atom is 0.119 e. The fourth-order valence-corrected chi connectivity index (χ4v) is 1.70. The molecular weight excluding hydrogens is 228 g/mol. The first-order valence-electron chi connectivity index (χ1n) is 6.12. The number of hydrogen-bond acceptors (Lipinski definition) is 3. The number of aryl methyl sites for hydroxylation is 1. The second-order valence-corrected chi connectivity index (χ2v) is 4.25. The molecular formula is C14H18N2O2. The van der Waals surface area contributed by atoms with Gasteiger partial charge in [0.25, 0.3) is 0 Å². The summed E-state index contributed by atoms with van der Waals surface area (Å²) in [5, 5.41) is 9.38. The van der Waals surface area contributed by atoms with Gasteiger partial charge in [0.15, 0.2) is 0 Å². The van der Waals surface area contributed by atoms with Crippen LogP contribution in [0.2, 0.25) is 0 Å². The summed E-state index contributed by atoms with van der Waals surface area (Å²) in [6.07, 6.45) is 6.03. The molecule has 1 heterocycles. The molecule has 2 rings (SSSR count). The zero-order valence-corrected chi connectivity index (χ0v) is 10.5. The maximum absolute atomic E-state index is 9.38. The lowest BCUT2D eigenvalue weighted by atomic mass is 10.1. The monoisotopic (exact) mass is 246 g/mol. The van der Waals surface area contributed by atoms with Crippen LogP contribution in [0.15, 0.2) is 43.0 Å². The van der Waals surface area contributed by atoms with Gasteiger partial charge in [-0.2, -0.15) is 0 Å². The van der Waals surface area contributed by atoms with Gasteiger partial charge in [-0.15, -0.1) is 0 Å². The van der Waals surface area contributed by atoms with Gasteiger partial charge in [-0.1, -0.05) is 12.1 Å². The number of hydrogen-bond donors (Lipinski definition) is 1. The Balaban J connectivity index is 1.73. The minimum atomic E-state index is -0.430. The van der Waals surface area contributed by atoms with Gasteiger partial charge in [0.1, 0.15) is 5.75 Å². The Bertz CT molecular complexity index is 449. The molecule has 0 fully saturated rings. The highest BCUT2D eigenvalue weighted by Crippen LogP contribution is 2.17. The predicted molar refractivity (Wildman–Crippen MR) is 69.4 cm³/mol. The Morgan fingerprint density at radius 1 is 1.33 bits per heavy atom. The van der Waals surface area contributed by atoms with Crippen LogP contribution >= 0.6 is 0 Å². The third kappa shape index (κ3) is 3.60. The van der Waals surface area contributed by atoms with E-state index >= 15 is 0 Å². The van der Waals surface area contributed by atoms with Crippen molar-refractivity contribution in [2.24, 2.45) is 0 Å². The number of benzene rings is 1. The molecule has 0 saturated carbocycles. The van der Waals surface area contributed by atoms with Crippen molar-refractivity contribution in [2.75, 3.05) is 6.61 Å². The van der Waals surface area contributed by atoms with Gasteiger partial charge in [-0.05, 0) is 31.0 Å². The number of imidazole rings is 1. The van der Waals surface area contributed by atoms with Crippen LogP contribution in [0.5, 0.6) is 5.75 Å². The van der Waals surface area contributed by atoms with Crippen molar-refractivity contribution >= 4 is 0 Å². The topological polar surface area (TPSA) is 47.3 Å². The third-order valence-electron chi connectivity index (χ3n) is 2.75. The number of nitrogens with zero attached hydrogens (tertiary/aromatic N) is 2. The molecule has 1 N–H and O–H groups in total. The maximum atomic E-state index is 9.38. The molecule has 0 radical (unpaired) electrons. The van der Waals surface area contributed by atoms with E-state index in [4.69, 9.17) is 4.74 Å². The van der Waals surface area contributed by atoms with Gasteiger partial charge in [0, 0.05) is 18.9 Å². The molecule has 4 nitrogen and oxygen atoms in total. The quantitative estimate of drug-likeness (QED) is 0.796. The molecule has 1 aromatic carbocycles. The molecule has 1 aromatic heterocycles. The number of rotatable bonds is 6. The van der Waals surface area contributed by atoms with Crippen LogP contribution in [0, 0.1) is 0 Å². The molecule has 0 bridgehead atoms. The fourth-order valence-electron chi connectivity index (χ4n) is 1.70. The third-order valence-corrected chi connectivity index (χ3v) is 2.75. The lowest BCUT2D eigenvalue weighted by Crippen LogP contribution is -2.03. The number of aromatic nitrogens is 2. The van der Waals surface area contributed by atoms with Gasteiger partial charge >= 0.3 is 0 Å². The molecule has 0 spiro atoms. The van der Waals surface area contributed by atoms with E-state index < -0.39 is 6.10 Å². The molecule has 96 valence electrons. The molecule has 0 saturated heterocycles. The second-order valence-electron chi connectivity index (χ2n) is 4.25. The molecule has 2 aromatic rings. The average molecular weight is 246 g/mol. The van der Waals surface area contributed by atoms with E-state index in [1.807, 2.05) is 35.0 Å². The highest BCUT2D eigenvalue weighted by Gasteiger charge is 2.00. The lowest BCUT2D eigenvalue weighted by Gasteiger charge is -2.08. The van der Waals surface area contributed by atoms with Crippen LogP contribution in [0.25, 0.3) is 0 Å². The van der Waals surface area contributed by atoms with E-state index in [1.165, 1.54) is 0 Å². The first-order valence-corrected chi connectivity index (χ1v) is 6.12. The van der Waals surface area contributed by atoms with Gasteiger partial charge in [0.2, 0.25) is 0 Å². The lowest BCUT2D eigenvalue weighted by molar-refractivity contribution is 0.199. The summed E-state index contributed by atoms with van der Waals surface area (Å²) < 4.78 is 7.65. The zero-order valence-electron chi connectivity index (χ0n) is 10.5. The van der Waals surface area contributed by atoms with Crippen LogP contribution in [0.4, 0.5) is 0 Å². The van der Waals surface area contributed by atoms with E-state index in [0.29, 0.717) is 6.61 Å². The summed E-state index contributed by atoms with van der Waals surface area (Å²) in [5.41, 5.74) is 0.903. The molecule has 0 unspecified atom stereocenters. The first kappa shape index (κ1) is 12.6. The molecule has 0 amide bonds. The van der Waals surface area contributed by atoms with E-state index in [1.54, 1.807) is 19.4 Å². The van der Waals surface area contributed by atoms with Crippen molar-refractivity contribution in [2.45, 2.75) is 26.0 Å². The van der Waals surface area contributed by atoms with Crippen molar-refractivity contribution in [1.29, 1.82) is 0 Å². The Morgan fingerprint density at radius 2 is 2.11 bits per heavy atom. The van der Waals surface area contributed by atoms with Crippen LogP contribution in [0.1, 0.15) is 25.0 Å². The number of aliphatic hydroxyl groups excluding tert-OH is 1. The van der Waals surface area contributed by atoms with Crippen molar-refractivity contribution in [3.05, 3.63) is 48.5 Å². The van der Waals surface area contributed by atoms with Gasteiger partial charge in [0.05, 0.1) is 19.0 Å². The highest BCUT2D eigenvalue weighted by atomic mass is 16.5. The summed E-state index contributed by atoms with van der Waals surface area (Å²) >= 11 is 0. The minimum Gasteiger partial charge on any atom is -0.494 e. The molecule has 0 aliphatic carbocycles. The highest BCUT2D eigenvalue weighted by molar-refractivity contribution is 5.28. The van der Waals surface area contributed by atoms with Crippen molar-refractivity contribution in [1.82, 2.24) is 9.55 Å². The normalized spacial score (nSPS) is 12.3. The predicted octanol–water partition coefficient (Wildman–Crippen LogP) is 2.41. The standard InChI is InChI=1S/C14H18N2O2/c1-12(17)13-3-5-14(6-4-13)18-10-2-8-16-9-7-15-11-16/h3-7,9,11-12,17H,2,8,10H2,1H3/t12-/m0/s1. The molecule has 1 atom stereocenters. The summed E-state index contributed by atoms with van der Waals surface area (Å²) in [7, 11) is 0. The number of ether oxygens (including phenoxy) is 1. The smallest absolute Gasteiger partial charge is 0.119 e. The molecule has 4 heteroatoms. The van der Waals surface area contributed by atoms with E-state index in [9.17, 15) is 5.11 Å². The van der Waals surface area contributed by atoms with Gasteiger partial charge in [-0.25, -0.2) is 4.98 Å². The Labute approximate surface area is 107 Å². The van der Waals surface area contributed by atoms with E-state index in [-0.39, 0.29) is 0 Å². The Morgan fingerprint density at radius 3 is 2.72 bits per heavy atom. The first-order chi connectivity index (χ1) is 8.75. The van der Waals surface area contributed by atoms with E-state index in [0.717, 1.165) is 24.3 Å². The SMILES string of the molecule is C[C@H](O)c1ccc(OCCCn2ccnc2)cc1. The Kier molecular flexibility index (Phi) is 4.36.